The first-order valence-corrected chi connectivity index (χ1v) is 13.6. The maximum Gasteiger partial charge on any atom is 0.224 e. The zero-order chi connectivity index (χ0) is 23.8. The van der Waals surface area contributed by atoms with Crippen molar-refractivity contribution < 1.29 is 9.59 Å². The molecule has 0 radical (unpaired) electrons. The second-order valence-corrected chi connectivity index (χ2v) is 10.7. The first kappa shape index (κ1) is 26.2. The van der Waals surface area contributed by atoms with Crippen molar-refractivity contribution in [3.8, 4) is 0 Å². The second-order valence-electron chi connectivity index (χ2n) is 9.92. The molecule has 33 heavy (non-hydrogen) atoms. The highest BCUT2D eigenvalue weighted by molar-refractivity contribution is 6.64. The Balaban J connectivity index is 1.83. The van der Waals surface area contributed by atoms with Crippen LogP contribution in [0.1, 0.15) is 107 Å². The van der Waals surface area contributed by atoms with Gasteiger partial charge in [0.2, 0.25) is 10.5 Å². The van der Waals surface area contributed by atoms with Gasteiger partial charge < -0.3 is 0 Å². The Kier molecular flexibility index (Phi) is 10.3. The highest BCUT2D eigenvalue weighted by atomic mass is 35.5. The van der Waals surface area contributed by atoms with Gasteiger partial charge in [-0.05, 0) is 95.5 Å². The molecule has 1 aliphatic carbocycles. The SMILES string of the molecule is CCCC(CC(CC)c1ccc2cc(C3CCCCCCC(C(=O)Cl)C3)ccc2c1)C(=O)Cl. The minimum Gasteiger partial charge on any atom is -0.281 e. The van der Waals surface area contributed by atoms with Gasteiger partial charge in [-0.3, -0.25) is 9.59 Å². The summed E-state index contributed by atoms with van der Waals surface area (Å²) in [5, 5.41) is 2.09. The van der Waals surface area contributed by atoms with E-state index >= 15 is 0 Å². The Morgan fingerprint density at radius 2 is 1.64 bits per heavy atom. The average Bonchev–Trinajstić information content (AvgIpc) is 2.93. The van der Waals surface area contributed by atoms with Crippen molar-refractivity contribution >= 4 is 44.5 Å². The zero-order valence-electron chi connectivity index (χ0n) is 20.1. The Labute approximate surface area is 209 Å². The summed E-state index contributed by atoms with van der Waals surface area (Å²) >= 11 is 11.8. The molecule has 1 fully saturated rings. The summed E-state index contributed by atoms with van der Waals surface area (Å²) < 4.78 is 0. The average molecular weight is 490 g/mol. The Hall–Kier alpha value is -1.38. The fraction of sp³-hybridized carbons (Fsp3) is 0.586. The van der Waals surface area contributed by atoms with Crippen LogP contribution in [0.3, 0.4) is 0 Å². The number of fused-ring (bicyclic) bond motifs is 1. The molecule has 0 heterocycles. The molecule has 0 spiro atoms. The van der Waals surface area contributed by atoms with Gasteiger partial charge in [0.15, 0.2) is 0 Å². The molecule has 0 amide bonds. The molecular formula is C29H38Cl2O2. The van der Waals surface area contributed by atoms with E-state index in [0.29, 0.717) is 11.8 Å². The normalized spacial score (nSPS) is 21.6. The van der Waals surface area contributed by atoms with Crippen LogP contribution in [-0.2, 0) is 9.59 Å². The quantitative estimate of drug-likeness (QED) is 0.329. The number of carbonyl (C=O) groups excluding carboxylic acids is 2. The van der Waals surface area contributed by atoms with Gasteiger partial charge in [0, 0.05) is 11.8 Å². The molecule has 4 heteroatoms. The molecular weight excluding hydrogens is 451 g/mol. The van der Waals surface area contributed by atoms with Crippen LogP contribution < -0.4 is 0 Å². The summed E-state index contributed by atoms with van der Waals surface area (Å²) in [4.78, 5) is 23.9. The molecule has 0 N–H and O–H groups in total. The van der Waals surface area contributed by atoms with E-state index < -0.39 is 0 Å². The second kappa shape index (κ2) is 12.9. The lowest BCUT2D eigenvalue weighted by molar-refractivity contribution is -0.116. The van der Waals surface area contributed by atoms with Gasteiger partial charge in [0.25, 0.3) is 0 Å². The van der Waals surface area contributed by atoms with Gasteiger partial charge in [-0.15, -0.1) is 0 Å². The van der Waals surface area contributed by atoms with Crippen molar-refractivity contribution in [2.75, 3.05) is 0 Å². The summed E-state index contributed by atoms with van der Waals surface area (Å²) in [6.07, 6.45) is 11.3. The summed E-state index contributed by atoms with van der Waals surface area (Å²) in [7, 11) is 0. The molecule has 4 atom stereocenters. The molecule has 1 saturated carbocycles. The van der Waals surface area contributed by atoms with Gasteiger partial charge in [0.1, 0.15) is 0 Å². The molecule has 0 bridgehead atoms. The minimum absolute atomic E-state index is 0.0288. The molecule has 2 nitrogen and oxygen atoms in total. The summed E-state index contributed by atoms with van der Waals surface area (Å²) in [5.74, 6) is 0.616. The molecule has 0 aliphatic heterocycles. The smallest absolute Gasteiger partial charge is 0.224 e. The number of hydrogen-bond acceptors (Lipinski definition) is 2. The number of benzene rings is 2. The first-order chi connectivity index (χ1) is 15.9. The maximum absolute atomic E-state index is 12.0. The van der Waals surface area contributed by atoms with Crippen LogP contribution in [0.25, 0.3) is 10.8 Å². The monoisotopic (exact) mass is 488 g/mol. The predicted molar refractivity (Wildman–Crippen MR) is 140 cm³/mol. The third-order valence-electron chi connectivity index (χ3n) is 7.60. The van der Waals surface area contributed by atoms with Crippen LogP contribution in [0.5, 0.6) is 0 Å². The van der Waals surface area contributed by atoms with Crippen LogP contribution in [0.15, 0.2) is 36.4 Å². The lowest BCUT2D eigenvalue weighted by Gasteiger charge is -2.22. The Morgan fingerprint density at radius 1 is 0.939 bits per heavy atom. The molecule has 2 aromatic carbocycles. The van der Waals surface area contributed by atoms with Gasteiger partial charge in [-0.2, -0.15) is 0 Å². The number of hydrogen-bond donors (Lipinski definition) is 0. The summed E-state index contributed by atoms with van der Waals surface area (Å²) in [6.45, 7) is 4.29. The molecule has 3 rings (SSSR count). The number of halogens is 2. The van der Waals surface area contributed by atoms with Crippen LogP contribution in [-0.4, -0.2) is 10.5 Å². The van der Waals surface area contributed by atoms with Crippen molar-refractivity contribution in [3.63, 3.8) is 0 Å². The van der Waals surface area contributed by atoms with Crippen LogP contribution in [0.2, 0.25) is 0 Å². The van der Waals surface area contributed by atoms with Gasteiger partial charge in [0.05, 0.1) is 0 Å². The van der Waals surface area contributed by atoms with Gasteiger partial charge >= 0.3 is 0 Å². The minimum atomic E-state index is -0.204. The van der Waals surface area contributed by atoms with Crippen LogP contribution >= 0.6 is 23.2 Å². The Morgan fingerprint density at radius 3 is 2.30 bits per heavy atom. The molecule has 4 unspecified atom stereocenters. The molecule has 180 valence electrons. The van der Waals surface area contributed by atoms with E-state index in [1.807, 2.05) is 0 Å². The molecule has 1 aliphatic rings. The van der Waals surface area contributed by atoms with E-state index in [0.717, 1.165) is 51.4 Å². The highest BCUT2D eigenvalue weighted by Crippen LogP contribution is 2.37. The van der Waals surface area contributed by atoms with E-state index in [9.17, 15) is 9.59 Å². The van der Waals surface area contributed by atoms with Gasteiger partial charge in [-0.25, -0.2) is 0 Å². The fourth-order valence-corrected chi connectivity index (χ4v) is 5.96. The van der Waals surface area contributed by atoms with E-state index in [2.05, 4.69) is 50.2 Å². The summed E-state index contributed by atoms with van der Waals surface area (Å²) in [5.41, 5.74) is 2.61. The third-order valence-corrected chi connectivity index (χ3v) is 8.21. The van der Waals surface area contributed by atoms with Crippen molar-refractivity contribution in [1.29, 1.82) is 0 Å². The molecule has 0 saturated heterocycles. The summed E-state index contributed by atoms with van der Waals surface area (Å²) in [6, 6.07) is 13.5. The largest absolute Gasteiger partial charge is 0.281 e. The van der Waals surface area contributed by atoms with Crippen molar-refractivity contribution in [1.82, 2.24) is 0 Å². The Bertz CT molecular complexity index is 938. The number of rotatable bonds is 9. The van der Waals surface area contributed by atoms with E-state index in [1.54, 1.807) is 0 Å². The topological polar surface area (TPSA) is 34.1 Å². The molecule has 0 aromatic heterocycles. The zero-order valence-corrected chi connectivity index (χ0v) is 21.6. The lowest BCUT2D eigenvalue weighted by Crippen LogP contribution is -2.13. The first-order valence-electron chi connectivity index (χ1n) is 12.8. The van der Waals surface area contributed by atoms with Gasteiger partial charge in [-0.1, -0.05) is 82.3 Å². The standard InChI is InChI=1S/C29H38Cl2O2/c1-3-9-26(28(30)32)16-20(4-2)22-12-13-25-18-23(14-15-24(25)17-22)21-10-7-5-6-8-11-27(19-21)29(31)33/h12-15,17-18,20-21,26-27H,3-11,16,19H2,1-2H3. The van der Waals surface area contributed by atoms with E-state index in [4.69, 9.17) is 23.2 Å². The fourth-order valence-electron chi connectivity index (χ4n) is 5.57. The lowest BCUT2D eigenvalue weighted by atomic mass is 9.83. The number of carbonyl (C=O) groups is 2. The van der Waals surface area contributed by atoms with Crippen molar-refractivity contribution in [2.24, 2.45) is 11.8 Å². The maximum atomic E-state index is 12.0. The van der Waals surface area contributed by atoms with Crippen LogP contribution in [0.4, 0.5) is 0 Å². The highest BCUT2D eigenvalue weighted by Gasteiger charge is 2.24. The predicted octanol–water partition coefficient (Wildman–Crippen LogP) is 9.11. The third kappa shape index (κ3) is 7.30. The van der Waals surface area contributed by atoms with Crippen LogP contribution in [0, 0.1) is 11.8 Å². The van der Waals surface area contributed by atoms with E-state index in [-0.39, 0.29) is 22.3 Å². The van der Waals surface area contributed by atoms with Crippen molar-refractivity contribution in [2.45, 2.75) is 96.3 Å². The van der Waals surface area contributed by atoms with E-state index in [1.165, 1.54) is 41.2 Å². The van der Waals surface area contributed by atoms with Crippen molar-refractivity contribution in [3.05, 3.63) is 47.5 Å². The molecule has 2 aromatic rings.